The van der Waals surface area contributed by atoms with Crippen LogP contribution in [0.1, 0.15) is 26.2 Å². The quantitative estimate of drug-likeness (QED) is 0.516. The van der Waals surface area contributed by atoms with E-state index < -0.39 is 0 Å². The van der Waals surface area contributed by atoms with Crippen LogP contribution in [0, 0.1) is 0 Å². The minimum atomic E-state index is 1.20. The Morgan fingerprint density at radius 1 is 1.60 bits per heavy atom. The van der Waals surface area contributed by atoms with E-state index in [9.17, 15) is 0 Å². The molecule has 0 N–H and O–H groups in total. The highest BCUT2D eigenvalue weighted by atomic mass is 14.0. The van der Waals surface area contributed by atoms with Gasteiger partial charge in [0.15, 0.2) is 0 Å². The third-order valence-corrected chi connectivity index (χ3v) is 1.80. The van der Waals surface area contributed by atoms with E-state index in [0.29, 0.717) is 0 Å². The van der Waals surface area contributed by atoms with Crippen LogP contribution in [0.3, 0.4) is 0 Å². The minimum Gasteiger partial charge on any atom is -0.0958 e. The maximum Gasteiger partial charge on any atom is -0.0274 e. The molecule has 0 aromatic rings. The monoisotopic (exact) mass is 134 g/mol. The number of rotatable bonds is 1. The van der Waals surface area contributed by atoms with E-state index in [0.717, 1.165) is 0 Å². The van der Waals surface area contributed by atoms with Crippen LogP contribution in [0.4, 0.5) is 0 Å². The van der Waals surface area contributed by atoms with Gasteiger partial charge in [-0.05, 0) is 31.8 Å². The van der Waals surface area contributed by atoms with E-state index in [4.69, 9.17) is 0 Å². The molecule has 0 aromatic carbocycles. The van der Waals surface area contributed by atoms with Gasteiger partial charge in [-0.25, -0.2) is 0 Å². The molecule has 1 aliphatic carbocycles. The van der Waals surface area contributed by atoms with Crippen molar-refractivity contribution < 1.29 is 0 Å². The van der Waals surface area contributed by atoms with Gasteiger partial charge in [0.2, 0.25) is 0 Å². The number of hydrogen-bond acceptors (Lipinski definition) is 0. The summed E-state index contributed by atoms with van der Waals surface area (Å²) in [5.74, 6) is 0. The normalized spacial score (nSPS) is 17.9. The summed E-state index contributed by atoms with van der Waals surface area (Å²) < 4.78 is 0. The molecule has 0 saturated heterocycles. The Labute approximate surface area is 62.9 Å². The molecule has 0 aromatic heterocycles. The van der Waals surface area contributed by atoms with E-state index in [2.05, 4.69) is 31.7 Å². The van der Waals surface area contributed by atoms with Crippen molar-refractivity contribution in [1.29, 1.82) is 0 Å². The molecule has 0 bridgehead atoms. The molecule has 0 spiro atoms. The van der Waals surface area contributed by atoms with Crippen LogP contribution in [0.2, 0.25) is 0 Å². The molecule has 54 valence electrons. The summed E-state index contributed by atoms with van der Waals surface area (Å²) in [7, 11) is 0. The third-order valence-electron chi connectivity index (χ3n) is 1.80. The number of hydrogen-bond donors (Lipinski definition) is 0. The van der Waals surface area contributed by atoms with Crippen molar-refractivity contribution in [1.82, 2.24) is 0 Å². The predicted molar refractivity (Wildman–Crippen MR) is 45.9 cm³/mol. The summed E-state index contributed by atoms with van der Waals surface area (Å²) in [6.07, 6.45) is 10.2. The summed E-state index contributed by atoms with van der Waals surface area (Å²) in [6.45, 7) is 5.99. The zero-order valence-corrected chi connectivity index (χ0v) is 6.56. The molecule has 0 amide bonds. The largest absolute Gasteiger partial charge is 0.0958 e. The van der Waals surface area contributed by atoms with E-state index >= 15 is 0 Å². The minimum absolute atomic E-state index is 1.20. The van der Waals surface area contributed by atoms with Gasteiger partial charge >= 0.3 is 0 Å². The fraction of sp³-hybridized carbons (Fsp3) is 0.400. The van der Waals surface area contributed by atoms with Crippen LogP contribution in [0.25, 0.3) is 0 Å². The zero-order valence-electron chi connectivity index (χ0n) is 6.56. The van der Waals surface area contributed by atoms with Crippen LogP contribution in [0.15, 0.2) is 36.0 Å². The Morgan fingerprint density at radius 2 is 2.40 bits per heavy atom. The molecule has 1 aliphatic rings. The maximum atomic E-state index is 3.92. The molecule has 0 unspecified atom stereocenters. The van der Waals surface area contributed by atoms with Crippen LogP contribution >= 0.6 is 0 Å². The maximum absolute atomic E-state index is 3.92. The first-order valence-corrected chi connectivity index (χ1v) is 3.82. The van der Waals surface area contributed by atoms with Gasteiger partial charge in [-0.15, -0.1) is 0 Å². The highest BCUT2D eigenvalue weighted by molar-refractivity contribution is 5.30. The first-order chi connectivity index (χ1) is 4.80. The van der Waals surface area contributed by atoms with Gasteiger partial charge in [0.1, 0.15) is 0 Å². The van der Waals surface area contributed by atoms with Crippen molar-refractivity contribution in [2.24, 2.45) is 0 Å². The fourth-order valence-corrected chi connectivity index (χ4v) is 1.13. The van der Waals surface area contributed by atoms with E-state index in [1.54, 1.807) is 0 Å². The van der Waals surface area contributed by atoms with Gasteiger partial charge in [0.25, 0.3) is 0 Å². The topological polar surface area (TPSA) is 0 Å². The van der Waals surface area contributed by atoms with Crippen LogP contribution in [0.5, 0.6) is 0 Å². The second-order valence-corrected chi connectivity index (χ2v) is 2.79. The Balaban J connectivity index is 2.66. The first-order valence-electron chi connectivity index (χ1n) is 3.82. The highest BCUT2D eigenvalue weighted by Crippen LogP contribution is 2.17. The summed E-state index contributed by atoms with van der Waals surface area (Å²) in [5.41, 5.74) is 2.63. The Bertz CT molecular complexity index is 182. The second kappa shape index (κ2) is 3.40. The SMILES string of the molecule is C=C(C)C1=CC=CCCC1. The van der Waals surface area contributed by atoms with Crippen LogP contribution in [-0.4, -0.2) is 0 Å². The Kier molecular flexibility index (Phi) is 2.49. The van der Waals surface area contributed by atoms with Gasteiger partial charge in [-0.1, -0.05) is 30.4 Å². The molecule has 0 nitrogen and oxygen atoms in total. The lowest BCUT2D eigenvalue weighted by Gasteiger charge is -2.01. The molecular weight excluding hydrogens is 120 g/mol. The van der Waals surface area contributed by atoms with Crippen molar-refractivity contribution in [2.75, 3.05) is 0 Å². The van der Waals surface area contributed by atoms with Gasteiger partial charge < -0.3 is 0 Å². The smallest absolute Gasteiger partial charge is 0.0274 e. The van der Waals surface area contributed by atoms with Crippen LogP contribution < -0.4 is 0 Å². The lowest BCUT2D eigenvalue weighted by molar-refractivity contribution is 0.846. The van der Waals surface area contributed by atoms with Crippen LogP contribution in [-0.2, 0) is 0 Å². The average molecular weight is 134 g/mol. The lowest BCUT2D eigenvalue weighted by Crippen LogP contribution is -1.81. The number of allylic oxidation sites excluding steroid dienone is 5. The molecule has 1 rings (SSSR count). The van der Waals surface area contributed by atoms with E-state index in [-0.39, 0.29) is 0 Å². The Morgan fingerprint density at radius 3 is 3.10 bits per heavy atom. The van der Waals surface area contributed by atoms with Gasteiger partial charge in [0.05, 0.1) is 0 Å². The second-order valence-electron chi connectivity index (χ2n) is 2.79. The molecule has 0 atom stereocenters. The molecule has 0 fully saturated rings. The predicted octanol–water partition coefficient (Wildman–Crippen LogP) is 3.23. The van der Waals surface area contributed by atoms with Crippen molar-refractivity contribution in [2.45, 2.75) is 26.2 Å². The van der Waals surface area contributed by atoms with Crippen molar-refractivity contribution >= 4 is 0 Å². The molecular formula is C10H14. The summed E-state index contributed by atoms with van der Waals surface area (Å²) in [4.78, 5) is 0. The van der Waals surface area contributed by atoms with E-state index in [1.807, 2.05) is 0 Å². The summed E-state index contributed by atoms with van der Waals surface area (Å²) >= 11 is 0. The van der Waals surface area contributed by atoms with Gasteiger partial charge in [-0.3, -0.25) is 0 Å². The molecule has 0 heteroatoms. The summed E-state index contributed by atoms with van der Waals surface area (Å²) in [6, 6.07) is 0. The third kappa shape index (κ3) is 1.87. The standard InChI is InChI=1S/C10H14/c1-9(2)10-7-5-3-4-6-8-10/h3,5,7H,1,4,6,8H2,2H3. The summed E-state index contributed by atoms with van der Waals surface area (Å²) in [5, 5.41) is 0. The van der Waals surface area contributed by atoms with E-state index in [1.165, 1.54) is 30.4 Å². The molecule has 10 heavy (non-hydrogen) atoms. The lowest BCUT2D eigenvalue weighted by atomic mass is 10.0. The molecule has 0 saturated carbocycles. The molecule has 0 radical (unpaired) electrons. The highest BCUT2D eigenvalue weighted by Gasteiger charge is 1.98. The van der Waals surface area contributed by atoms with Gasteiger partial charge in [-0.2, -0.15) is 0 Å². The Hall–Kier alpha value is -0.780. The van der Waals surface area contributed by atoms with Crippen molar-refractivity contribution in [3.63, 3.8) is 0 Å². The van der Waals surface area contributed by atoms with Crippen molar-refractivity contribution in [3.8, 4) is 0 Å². The first kappa shape index (κ1) is 7.33. The van der Waals surface area contributed by atoms with Gasteiger partial charge in [0, 0.05) is 0 Å². The zero-order chi connectivity index (χ0) is 7.40. The average Bonchev–Trinajstić information content (AvgIpc) is 2.12. The molecule has 0 heterocycles. The van der Waals surface area contributed by atoms with Crippen molar-refractivity contribution in [3.05, 3.63) is 36.0 Å². The molecule has 0 aliphatic heterocycles. The fourth-order valence-electron chi connectivity index (χ4n) is 1.13.